The Labute approximate surface area is 89.6 Å². The largest absolute Gasteiger partial charge is 0.350 e. The van der Waals surface area contributed by atoms with E-state index < -0.39 is 0 Å². The number of benzene rings is 1. The van der Waals surface area contributed by atoms with Gasteiger partial charge in [0, 0.05) is 23.2 Å². The Morgan fingerprint density at radius 1 is 1.00 bits per heavy atom. The Bertz CT molecular complexity index is 799. The van der Waals surface area contributed by atoms with Gasteiger partial charge in [0.25, 0.3) is 5.56 Å². The van der Waals surface area contributed by atoms with E-state index in [1.807, 2.05) is 24.3 Å². The van der Waals surface area contributed by atoms with Gasteiger partial charge >= 0.3 is 0 Å². The molecule has 0 aliphatic rings. The fraction of sp³-hybridized carbons (Fsp3) is 0. The third-order valence-corrected chi connectivity index (χ3v) is 2.63. The normalized spacial score (nSPS) is 11.0. The average Bonchev–Trinajstić information content (AvgIpc) is 2.61. The summed E-state index contributed by atoms with van der Waals surface area (Å²) >= 11 is 0. The summed E-state index contributed by atoms with van der Waals surface area (Å²) < 4.78 is 0. The average molecular weight is 212 g/mol. The summed E-state index contributed by atoms with van der Waals surface area (Å²) in [5, 5.41) is 1.23. The lowest BCUT2D eigenvalue weighted by Gasteiger charge is -1.85. The van der Waals surface area contributed by atoms with E-state index in [9.17, 15) is 9.59 Å². The van der Waals surface area contributed by atoms with Crippen molar-refractivity contribution >= 4 is 21.8 Å². The molecule has 4 heteroatoms. The van der Waals surface area contributed by atoms with Crippen LogP contribution in [0, 0.1) is 0 Å². The Hall–Kier alpha value is -2.36. The molecule has 1 aromatic carbocycles. The molecule has 0 bridgehead atoms. The highest BCUT2D eigenvalue weighted by Gasteiger charge is 2.07. The summed E-state index contributed by atoms with van der Waals surface area (Å²) in [6.07, 6.45) is 1.37. The minimum absolute atomic E-state index is 0.161. The fourth-order valence-electron chi connectivity index (χ4n) is 1.92. The van der Waals surface area contributed by atoms with Crippen molar-refractivity contribution in [3.8, 4) is 0 Å². The number of hydrogen-bond acceptors (Lipinski definition) is 2. The van der Waals surface area contributed by atoms with E-state index in [0.29, 0.717) is 10.9 Å². The number of hydrogen-bond donors (Lipinski definition) is 2. The minimum Gasteiger partial charge on any atom is -0.350 e. The van der Waals surface area contributed by atoms with Crippen molar-refractivity contribution in [1.29, 1.82) is 0 Å². The predicted octanol–water partition coefficient (Wildman–Crippen LogP) is 1.37. The van der Waals surface area contributed by atoms with Crippen molar-refractivity contribution in [3.63, 3.8) is 0 Å². The zero-order valence-electron chi connectivity index (χ0n) is 8.28. The fourth-order valence-corrected chi connectivity index (χ4v) is 1.92. The van der Waals surface area contributed by atoms with Crippen LogP contribution in [0.4, 0.5) is 0 Å². The SMILES string of the molecule is O=c1[nH]ccc(=O)c2c1[nH]c1ccccc12. The maximum Gasteiger partial charge on any atom is 0.272 e. The van der Waals surface area contributed by atoms with Gasteiger partial charge in [-0.2, -0.15) is 0 Å². The van der Waals surface area contributed by atoms with Crippen molar-refractivity contribution in [3.05, 3.63) is 57.1 Å². The summed E-state index contributed by atoms with van der Waals surface area (Å²) in [4.78, 5) is 29.0. The molecule has 0 saturated heterocycles. The van der Waals surface area contributed by atoms with Gasteiger partial charge in [-0.3, -0.25) is 9.59 Å². The van der Waals surface area contributed by atoms with Crippen LogP contribution in [0.15, 0.2) is 46.1 Å². The summed E-state index contributed by atoms with van der Waals surface area (Å²) in [5.41, 5.74) is 0.682. The first-order valence-corrected chi connectivity index (χ1v) is 4.90. The third-order valence-electron chi connectivity index (χ3n) is 2.63. The van der Waals surface area contributed by atoms with Crippen molar-refractivity contribution in [2.45, 2.75) is 0 Å². The highest BCUT2D eigenvalue weighted by molar-refractivity contribution is 6.06. The van der Waals surface area contributed by atoms with Crippen molar-refractivity contribution in [1.82, 2.24) is 9.97 Å². The quantitative estimate of drug-likeness (QED) is 0.591. The molecule has 0 atom stereocenters. The molecule has 3 rings (SSSR count). The van der Waals surface area contributed by atoms with Crippen LogP contribution >= 0.6 is 0 Å². The lowest BCUT2D eigenvalue weighted by atomic mass is 10.2. The molecule has 78 valence electrons. The zero-order valence-corrected chi connectivity index (χ0v) is 8.28. The van der Waals surface area contributed by atoms with Crippen LogP contribution in [-0.2, 0) is 0 Å². The Balaban J connectivity index is 2.80. The summed E-state index contributed by atoms with van der Waals surface area (Å²) in [6.45, 7) is 0. The zero-order chi connectivity index (χ0) is 11.1. The molecule has 0 fully saturated rings. The topological polar surface area (TPSA) is 65.7 Å². The van der Waals surface area contributed by atoms with E-state index in [4.69, 9.17) is 0 Å². The molecule has 0 amide bonds. The van der Waals surface area contributed by atoms with Crippen LogP contribution < -0.4 is 11.0 Å². The van der Waals surface area contributed by atoms with E-state index in [1.165, 1.54) is 12.3 Å². The number of rotatable bonds is 0. The molecule has 0 radical (unpaired) electrons. The van der Waals surface area contributed by atoms with E-state index in [0.717, 1.165) is 10.9 Å². The van der Waals surface area contributed by atoms with Gasteiger partial charge in [-0.25, -0.2) is 0 Å². The maximum absolute atomic E-state index is 11.8. The van der Waals surface area contributed by atoms with Crippen molar-refractivity contribution in [2.24, 2.45) is 0 Å². The van der Waals surface area contributed by atoms with Gasteiger partial charge in [-0.1, -0.05) is 18.2 Å². The Kier molecular flexibility index (Phi) is 1.71. The van der Waals surface area contributed by atoms with Crippen LogP contribution in [0.5, 0.6) is 0 Å². The molecule has 0 spiro atoms. The van der Waals surface area contributed by atoms with Crippen LogP contribution in [0.1, 0.15) is 0 Å². The molecule has 2 heterocycles. The second-order valence-electron chi connectivity index (χ2n) is 3.59. The van der Waals surface area contributed by atoms with Crippen LogP contribution in [0.3, 0.4) is 0 Å². The smallest absolute Gasteiger partial charge is 0.272 e. The van der Waals surface area contributed by atoms with E-state index >= 15 is 0 Å². The number of aromatic nitrogens is 2. The van der Waals surface area contributed by atoms with E-state index in [2.05, 4.69) is 9.97 Å². The highest BCUT2D eigenvalue weighted by Crippen LogP contribution is 2.18. The third kappa shape index (κ3) is 1.10. The molecular formula is C12H8N2O2. The second kappa shape index (κ2) is 3.06. The van der Waals surface area contributed by atoms with Crippen molar-refractivity contribution < 1.29 is 0 Å². The van der Waals surface area contributed by atoms with Gasteiger partial charge in [0.05, 0.1) is 5.39 Å². The first kappa shape index (κ1) is 8.91. The first-order chi connectivity index (χ1) is 7.77. The summed E-state index contributed by atoms with van der Waals surface area (Å²) in [5.74, 6) is 0. The van der Waals surface area contributed by atoms with Gasteiger partial charge in [0.2, 0.25) is 0 Å². The van der Waals surface area contributed by atoms with Gasteiger partial charge in [0.15, 0.2) is 5.43 Å². The highest BCUT2D eigenvalue weighted by atomic mass is 16.1. The standard InChI is InChI=1S/C12H8N2O2/c15-9-5-6-13-12(16)11-10(9)7-3-1-2-4-8(7)14-11/h1-6,14H,(H,13,16). The van der Waals surface area contributed by atoms with Gasteiger partial charge in [0.1, 0.15) is 5.52 Å². The number of para-hydroxylation sites is 1. The van der Waals surface area contributed by atoms with Crippen molar-refractivity contribution in [2.75, 3.05) is 0 Å². The molecule has 0 unspecified atom stereocenters. The molecule has 0 saturated carbocycles. The lowest BCUT2D eigenvalue weighted by molar-refractivity contribution is 1.27. The maximum atomic E-state index is 11.8. The van der Waals surface area contributed by atoms with Gasteiger partial charge in [-0.05, 0) is 6.07 Å². The molecule has 2 aromatic heterocycles. The van der Waals surface area contributed by atoms with Crippen LogP contribution in [0.2, 0.25) is 0 Å². The van der Waals surface area contributed by atoms with E-state index in [-0.39, 0.29) is 11.0 Å². The summed E-state index contributed by atoms with van der Waals surface area (Å²) in [7, 11) is 0. The second-order valence-corrected chi connectivity index (χ2v) is 3.59. The molecule has 3 aromatic rings. The molecule has 0 aliphatic carbocycles. The number of fused-ring (bicyclic) bond motifs is 3. The van der Waals surface area contributed by atoms with Crippen LogP contribution in [-0.4, -0.2) is 9.97 Å². The molecule has 0 aliphatic heterocycles. The van der Waals surface area contributed by atoms with Gasteiger partial charge in [-0.15, -0.1) is 0 Å². The number of H-pyrrole nitrogens is 2. The number of nitrogens with one attached hydrogen (secondary N) is 2. The molecule has 16 heavy (non-hydrogen) atoms. The predicted molar refractivity (Wildman–Crippen MR) is 62.7 cm³/mol. The minimum atomic E-state index is -0.284. The molecule has 2 N–H and O–H groups in total. The lowest BCUT2D eigenvalue weighted by Crippen LogP contribution is -2.02. The Morgan fingerprint density at radius 3 is 2.69 bits per heavy atom. The molecular weight excluding hydrogens is 204 g/mol. The summed E-state index contributed by atoms with van der Waals surface area (Å²) in [6, 6.07) is 8.74. The van der Waals surface area contributed by atoms with E-state index in [1.54, 1.807) is 0 Å². The van der Waals surface area contributed by atoms with Gasteiger partial charge < -0.3 is 9.97 Å². The Morgan fingerprint density at radius 2 is 1.81 bits per heavy atom. The number of aromatic amines is 2. The molecule has 4 nitrogen and oxygen atoms in total. The van der Waals surface area contributed by atoms with Crippen LogP contribution in [0.25, 0.3) is 21.8 Å². The monoisotopic (exact) mass is 212 g/mol. The first-order valence-electron chi connectivity index (χ1n) is 4.90.